The monoisotopic (exact) mass is 403 g/mol. The second-order valence-electron chi connectivity index (χ2n) is 7.00. The molecule has 0 heterocycles. The van der Waals surface area contributed by atoms with E-state index in [4.69, 9.17) is 9.47 Å². The van der Waals surface area contributed by atoms with Gasteiger partial charge in [-0.05, 0) is 53.1 Å². The predicted octanol–water partition coefficient (Wildman–Crippen LogP) is 4.62. The van der Waals surface area contributed by atoms with E-state index in [1.807, 2.05) is 73.7 Å². The lowest BCUT2D eigenvalue weighted by Crippen LogP contribution is -2.33. The molecule has 0 unspecified atom stereocenters. The highest BCUT2D eigenvalue weighted by atomic mass is 16.5. The molecule has 0 radical (unpaired) electrons. The molecule has 30 heavy (non-hydrogen) atoms. The van der Waals surface area contributed by atoms with Crippen LogP contribution in [-0.4, -0.2) is 37.5 Å². The molecule has 3 rings (SSSR count). The van der Waals surface area contributed by atoms with Gasteiger partial charge < -0.3 is 14.4 Å². The van der Waals surface area contributed by atoms with E-state index in [9.17, 15) is 9.59 Å². The Morgan fingerprint density at radius 2 is 1.70 bits per heavy atom. The van der Waals surface area contributed by atoms with Gasteiger partial charge in [-0.1, -0.05) is 48.5 Å². The highest BCUT2D eigenvalue weighted by molar-refractivity contribution is 5.91. The summed E-state index contributed by atoms with van der Waals surface area (Å²) >= 11 is 0. The first-order valence-electron chi connectivity index (χ1n) is 9.71. The van der Waals surface area contributed by atoms with E-state index in [0.29, 0.717) is 0 Å². The summed E-state index contributed by atoms with van der Waals surface area (Å²) in [6.07, 6.45) is 3.01. The predicted molar refractivity (Wildman–Crippen MR) is 118 cm³/mol. The number of hydrogen-bond donors (Lipinski definition) is 0. The maximum Gasteiger partial charge on any atom is 0.331 e. The second kappa shape index (κ2) is 9.74. The van der Waals surface area contributed by atoms with Crippen LogP contribution in [-0.2, 0) is 14.3 Å². The quantitative estimate of drug-likeness (QED) is 0.427. The largest absolute Gasteiger partial charge is 0.497 e. The highest BCUT2D eigenvalue weighted by Crippen LogP contribution is 2.22. The molecular formula is C25H25NO4. The normalized spacial score (nSPS) is 12.0. The van der Waals surface area contributed by atoms with Crippen LogP contribution in [0.25, 0.3) is 16.8 Å². The standard InChI is InChI=1S/C25H25NO4/c1-18(20-7-5-4-6-8-20)26(2)24(27)17-30-25(28)14-10-19-9-11-22-16-23(29-3)13-12-21(22)15-19/h4-16,18H,17H2,1-3H3/b14-10+/t18-/m1/s1. The summed E-state index contributed by atoms with van der Waals surface area (Å²) in [6.45, 7) is 1.64. The third-order valence-corrected chi connectivity index (χ3v) is 5.08. The van der Waals surface area contributed by atoms with E-state index in [-0.39, 0.29) is 18.6 Å². The molecular weight excluding hydrogens is 378 g/mol. The fourth-order valence-corrected chi connectivity index (χ4v) is 3.09. The minimum atomic E-state index is -0.557. The summed E-state index contributed by atoms with van der Waals surface area (Å²) in [7, 11) is 3.34. The van der Waals surface area contributed by atoms with Crippen LogP contribution in [0.15, 0.2) is 72.8 Å². The summed E-state index contributed by atoms with van der Waals surface area (Å²) in [4.78, 5) is 26.0. The smallest absolute Gasteiger partial charge is 0.331 e. The van der Waals surface area contributed by atoms with Crippen LogP contribution in [0.4, 0.5) is 0 Å². The molecule has 0 N–H and O–H groups in total. The van der Waals surface area contributed by atoms with Crippen LogP contribution < -0.4 is 4.74 Å². The Morgan fingerprint density at radius 3 is 2.43 bits per heavy atom. The van der Waals surface area contributed by atoms with Crippen molar-refractivity contribution in [2.75, 3.05) is 20.8 Å². The second-order valence-corrected chi connectivity index (χ2v) is 7.00. The molecule has 5 nitrogen and oxygen atoms in total. The summed E-state index contributed by atoms with van der Waals surface area (Å²) in [6, 6.07) is 21.3. The third kappa shape index (κ3) is 5.26. The number of carbonyl (C=O) groups is 2. The zero-order chi connectivity index (χ0) is 21.5. The fraction of sp³-hybridized carbons (Fsp3) is 0.200. The fourth-order valence-electron chi connectivity index (χ4n) is 3.09. The molecule has 0 aliphatic rings. The maximum absolute atomic E-state index is 12.3. The number of rotatable bonds is 7. The molecule has 0 aliphatic carbocycles. The van der Waals surface area contributed by atoms with Crippen molar-refractivity contribution in [3.63, 3.8) is 0 Å². The molecule has 0 saturated heterocycles. The number of benzene rings is 3. The van der Waals surface area contributed by atoms with E-state index in [0.717, 1.165) is 27.6 Å². The van der Waals surface area contributed by atoms with Gasteiger partial charge in [0.2, 0.25) is 0 Å². The lowest BCUT2D eigenvalue weighted by Gasteiger charge is -2.25. The number of carbonyl (C=O) groups excluding carboxylic acids is 2. The van der Waals surface area contributed by atoms with Crippen LogP contribution in [0.3, 0.4) is 0 Å². The molecule has 1 atom stereocenters. The first kappa shape index (κ1) is 21.1. The van der Waals surface area contributed by atoms with Gasteiger partial charge in [0.05, 0.1) is 13.2 Å². The van der Waals surface area contributed by atoms with Gasteiger partial charge in [0.1, 0.15) is 5.75 Å². The molecule has 0 saturated carbocycles. The van der Waals surface area contributed by atoms with Crippen molar-refractivity contribution >= 4 is 28.7 Å². The van der Waals surface area contributed by atoms with Gasteiger partial charge >= 0.3 is 5.97 Å². The number of ether oxygens (including phenoxy) is 2. The first-order valence-corrected chi connectivity index (χ1v) is 9.71. The average molecular weight is 403 g/mol. The number of esters is 1. The molecule has 3 aromatic rings. The molecule has 0 bridgehead atoms. The number of fused-ring (bicyclic) bond motifs is 1. The minimum absolute atomic E-state index is 0.107. The van der Waals surface area contributed by atoms with Gasteiger partial charge in [0.25, 0.3) is 5.91 Å². The summed E-state index contributed by atoms with van der Waals surface area (Å²) in [5.74, 6) is -0.0164. The molecule has 0 aromatic heterocycles. The van der Waals surface area contributed by atoms with Crippen LogP contribution >= 0.6 is 0 Å². The molecule has 1 amide bonds. The van der Waals surface area contributed by atoms with Gasteiger partial charge in [-0.15, -0.1) is 0 Å². The Hall–Kier alpha value is -3.60. The molecule has 0 spiro atoms. The molecule has 5 heteroatoms. The van der Waals surface area contributed by atoms with Crippen molar-refractivity contribution < 1.29 is 19.1 Å². The summed E-state index contributed by atoms with van der Waals surface area (Å²) < 4.78 is 10.3. The van der Waals surface area contributed by atoms with E-state index in [2.05, 4.69) is 0 Å². The third-order valence-electron chi connectivity index (χ3n) is 5.08. The van der Waals surface area contributed by atoms with Gasteiger partial charge in [-0.3, -0.25) is 4.79 Å². The van der Waals surface area contributed by atoms with E-state index in [1.54, 1.807) is 25.1 Å². The van der Waals surface area contributed by atoms with E-state index >= 15 is 0 Å². The van der Waals surface area contributed by atoms with Crippen molar-refractivity contribution in [3.8, 4) is 5.75 Å². The summed E-state index contributed by atoms with van der Waals surface area (Å²) in [5, 5.41) is 2.09. The van der Waals surface area contributed by atoms with Crippen molar-refractivity contribution in [2.45, 2.75) is 13.0 Å². The SMILES string of the molecule is COc1ccc2cc(/C=C/C(=O)OCC(=O)N(C)[C@H](C)c3ccccc3)ccc2c1. The molecule has 154 valence electrons. The number of nitrogens with zero attached hydrogens (tertiary/aromatic N) is 1. The van der Waals surface area contributed by atoms with Gasteiger partial charge in [0.15, 0.2) is 6.61 Å². The molecule has 0 aliphatic heterocycles. The average Bonchev–Trinajstić information content (AvgIpc) is 2.80. The Balaban J connectivity index is 1.55. The lowest BCUT2D eigenvalue weighted by molar-refractivity contribution is -0.148. The van der Waals surface area contributed by atoms with Gasteiger partial charge in [0, 0.05) is 13.1 Å². The van der Waals surface area contributed by atoms with Crippen LogP contribution in [0.5, 0.6) is 5.75 Å². The highest BCUT2D eigenvalue weighted by Gasteiger charge is 2.18. The van der Waals surface area contributed by atoms with Gasteiger partial charge in [-0.25, -0.2) is 4.79 Å². The molecule has 3 aromatic carbocycles. The number of hydrogen-bond acceptors (Lipinski definition) is 4. The number of amides is 1. The zero-order valence-corrected chi connectivity index (χ0v) is 17.4. The minimum Gasteiger partial charge on any atom is -0.497 e. The van der Waals surface area contributed by atoms with Crippen LogP contribution in [0, 0.1) is 0 Å². The van der Waals surface area contributed by atoms with E-state index in [1.165, 1.54) is 6.08 Å². The Labute approximate surface area is 176 Å². The zero-order valence-electron chi connectivity index (χ0n) is 17.4. The summed E-state index contributed by atoms with van der Waals surface area (Å²) in [5.41, 5.74) is 1.89. The first-order chi connectivity index (χ1) is 14.5. The number of likely N-dealkylation sites (N-methyl/N-ethyl adjacent to an activating group) is 1. The number of methoxy groups -OCH3 is 1. The van der Waals surface area contributed by atoms with Crippen molar-refractivity contribution in [1.29, 1.82) is 0 Å². The van der Waals surface area contributed by atoms with Crippen molar-refractivity contribution in [1.82, 2.24) is 4.90 Å². The molecule has 0 fully saturated rings. The Kier molecular flexibility index (Phi) is 6.86. The van der Waals surface area contributed by atoms with Gasteiger partial charge in [-0.2, -0.15) is 0 Å². The Morgan fingerprint density at radius 1 is 1.00 bits per heavy atom. The topological polar surface area (TPSA) is 55.8 Å². The van der Waals surface area contributed by atoms with Crippen molar-refractivity contribution in [2.24, 2.45) is 0 Å². The Bertz CT molecular complexity index is 1060. The van der Waals surface area contributed by atoms with E-state index < -0.39 is 5.97 Å². The van der Waals surface area contributed by atoms with Crippen LogP contribution in [0.2, 0.25) is 0 Å². The lowest BCUT2D eigenvalue weighted by atomic mass is 10.1. The van der Waals surface area contributed by atoms with Crippen LogP contribution in [0.1, 0.15) is 24.1 Å². The van der Waals surface area contributed by atoms with Crippen molar-refractivity contribution in [3.05, 3.63) is 83.9 Å². The maximum atomic E-state index is 12.3.